The Kier molecular flexibility index (Phi) is 4.02. The number of hydrogen-bond donors (Lipinski definition) is 2. The van der Waals surface area contributed by atoms with Gasteiger partial charge in [-0.2, -0.15) is 0 Å². The van der Waals surface area contributed by atoms with Crippen LogP contribution in [0.1, 0.15) is 22.3 Å². The van der Waals surface area contributed by atoms with Gasteiger partial charge in [-0.3, -0.25) is 0 Å². The van der Waals surface area contributed by atoms with Gasteiger partial charge in [-0.15, -0.1) is 5.54 Å². The summed E-state index contributed by atoms with van der Waals surface area (Å²) in [5, 5.41) is 0. The van der Waals surface area contributed by atoms with Crippen LogP contribution in [0.5, 0.6) is 0 Å². The highest BCUT2D eigenvalue weighted by atomic mass is 28.3. The van der Waals surface area contributed by atoms with Crippen LogP contribution in [0.25, 0.3) is 0 Å². The van der Waals surface area contributed by atoms with Crippen molar-refractivity contribution < 1.29 is 0 Å². The van der Waals surface area contributed by atoms with Gasteiger partial charge >= 0.3 is 0 Å². The Balaban J connectivity index is 3.40. The third kappa shape index (κ3) is 3.35. The molecule has 0 spiro atoms. The van der Waals surface area contributed by atoms with Crippen LogP contribution < -0.4 is 11.5 Å². The topological polar surface area (TPSA) is 52.0 Å². The van der Waals surface area contributed by atoms with Gasteiger partial charge in [0.1, 0.15) is 8.07 Å². The summed E-state index contributed by atoms with van der Waals surface area (Å²) in [5.74, 6) is 3.31. The first kappa shape index (κ1) is 13.8. The Morgan fingerprint density at radius 2 is 1.76 bits per heavy atom. The predicted molar refractivity (Wildman–Crippen MR) is 78.4 cm³/mol. The first-order valence-electron chi connectivity index (χ1n) is 5.88. The molecule has 1 rings (SSSR count). The molecule has 2 nitrogen and oxygen atoms in total. The molecule has 0 saturated carbocycles. The van der Waals surface area contributed by atoms with E-state index in [1.54, 1.807) is 0 Å². The highest BCUT2D eigenvalue weighted by molar-refractivity contribution is 6.83. The Labute approximate surface area is 105 Å². The van der Waals surface area contributed by atoms with E-state index in [1.165, 1.54) is 5.56 Å². The van der Waals surface area contributed by atoms with Crippen molar-refractivity contribution >= 4 is 13.8 Å². The summed E-state index contributed by atoms with van der Waals surface area (Å²) >= 11 is 0. The number of nitrogens with two attached hydrogens (primary N) is 2. The summed E-state index contributed by atoms with van der Waals surface area (Å²) in [6, 6.07) is 1.96. The summed E-state index contributed by atoms with van der Waals surface area (Å²) in [6.07, 6.45) is 0. The molecule has 4 N–H and O–H groups in total. The van der Waals surface area contributed by atoms with E-state index in [2.05, 4.69) is 38.0 Å². The average molecular weight is 246 g/mol. The quantitative estimate of drug-likeness (QED) is 0.454. The SMILES string of the molecule is Cc1c(N)cc(CN)c(C)c1C#C[Si](C)(C)C. The van der Waals surface area contributed by atoms with E-state index in [9.17, 15) is 0 Å². The molecule has 0 aliphatic rings. The standard InChI is InChI=1S/C14H22N2Si/c1-10-12(9-15)8-14(16)11(2)13(10)6-7-17(3,4)5/h8H,9,15-16H2,1-5H3. The van der Waals surface area contributed by atoms with Gasteiger partial charge in [0.15, 0.2) is 0 Å². The molecule has 1 aromatic rings. The number of rotatable bonds is 1. The van der Waals surface area contributed by atoms with Crippen LogP contribution in [0.15, 0.2) is 6.07 Å². The van der Waals surface area contributed by atoms with Crippen LogP contribution in [0.3, 0.4) is 0 Å². The van der Waals surface area contributed by atoms with Crippen molar-refractivity contribution in [2.24, 2.45) is 5.73 Å². The maximum Gasteiger partial charge on any atom is 0.129 e. The van der Waals surface area contributed by atoms with Gasteiger partial charge in [-0.05, 0) is 36.6 Å². The van der Waals surface area contributed by atoms with Crippen LogP contribution in [0, 0.1) is 25.3 Å². The number of benzene rings is 1. The Hall–Kier alpha value is -1.24. The van der Waals surface area contributed by atoms with Crippen LogP contribution in [-0.4, -0.2) is 8.07 Å². The van der Waals surface area contributed by atoms with Crippen LogP contribution in [0.4, 0.5) is 5.69 Å². The molecule has 0 aliphatic carbocycles. The lowest BCUT2D eigenvalue weighted by molar-refractivity contribution is 1.04. The minimum absolute atomic E-state index is 0.512. The molecule has 0 radical (unpaired) electrons. The fourth-order valence-electron chi connectivity index (χ4n) is 1.64. The van der Waals surface area contributed by atoms with Crippen LogP contribution in [-0.2, 0) is 6.54 Å². The first-order valence-corrected chi connectivity index (χ1v) is 9.38. The van der Waals surface area contributed by atoms with Crippen molar-refractivity contribution in [2.45, 2.75) is 40.0 Å². The molecule has 0 aromatic heterocycles. The average Bonchev–Trinajstić information content (AvgIpc) is 2.22. The normalized spacial score (nSPS) is 10.9. The minimum Gasteiger partial charge on any atom is -0.398 e. The Bertz CT molecular complexity index is 488. The number of nitrogen functional groups attached to an aromatic ring is 1. The summed E-state index contributed by atoms with van der Waals surface area (Å²) < 4.78 is 0. The van der Waals surface area contributed by atoms with Gasteiger partial charge in [0, 0.05) is 17.8 Å². The van der Waals surface area contributed by atoms with E-state index in [4.69, 9.17) is 11.5 Å². The third-order valence-electron chi connectivity index (χ3n) is 2.78. The van der Waals surface area contributed by atoms with Crippen molar-refractivity contribution in [1.29, 1.82) is 0 Å². The molecular weight excluding hydrogens is 224 g/mol. The largest absolute Gasteiger partial charge is 0.398 e. The highest BCUT2D eigenvalue weighted by Crippen LogP contribution is 2.23. The summed E-state index contributed by atoms with van der Waals surface area (Å²) in [7, 11) is -1.36. The van der Waals surface area contributed by atoms with E-state index >= 15 is 0 Å². The zero-order valence-electron chi connectivity index (χ0n) is 11.4. The van der Waals surface area contributed by atoms with Gasteiger partial charge in [0.25, 0.3) is 0 Å². The van der Waals surface area contributed by atoms with Gasteiger partial charge in [-0.1, -0.05) is 25.6 Å². The first-order chi connectivity index (χ1) is 7.76. The highest BCUT2D eigenvalue weighted by Gasteiger charge is 2.11. The summed E-state index contributed by atoms with van der Waals surface area (Å²) in [5.41, 5.74) is 20.3. The second kappa shape index (κ2) is 4.95. The maximum absolute atomic E-state index is 5.99. The Morgan fingerprint density at radius 1 is 1.18 bits per heavy atom. The zero-order chi connectivity index (χ0) is 13.2. The lowest BCUT2D eigenvalue weighted by atomic mass is 9.96. The minimum atomic E-state index is -1.36. The molecule has 3 heteroatoms. The molecule has 0 fully saturated rings. The molecule has 1 aromatic carbocycles. The van der Waals surface area contributed by atoms with Crippen molar-refractivity contribution in [3.63, 3.8) is 0 Å². The third-order valence-corrected chi connectivity index (χ3v) is 3.65. The van der Waals surface area contributed by atoms with E-state index in [0.717, 1.165) is 22.4 Å². The van der Waals surface area contributed by atoms with E-state index < -0.39 is 8.07 Å². The molecule has 0 unspecified atom stereocenters. The molecule has 0 atom stereocenters. The van der Waals surface area contributed by atoms with Crippen molar-refractivity contribution in [3.05, 3.63) is 28.3 Å². The summed E-state index contributed by atoms with van der Waals surface area (Å²) in [6.45, 7) is 11.3. The van der Waals surface area contributed by atoms with Crippen molar-refractivity contribution in [3.8, 4) is 11.5 Å². The van der Waals surface area contributed by atoms with Gasteiger partial charge in [0.2, 0.25) is 0 Å². The smallest absolute Gasteiger partial charge is 0.129 e. The van der Waals surface area contributed by atoms with E-state index in [0.29, 0.717) is 6.54 Å². The molecule has 0 aliphatic heterocycles. The number of hydrogen-bond acceptors (Lipinski definition) is 2. The van der Waals surface area contributed by atoms with E-state index in [-0.39, 0.29) is 0 Å². The van der Waals surface area contributed by atoms with Crippen LogP contribution in [0.2, 0.25) is 19.6 Å². The molecule has 0 amide bonds. The fraction of sp³-hybridized carbons (Fsp3) is 0.429. The predicted octanol–water partition coefficient (Wildman–Crippen LogP) is 2.57. The lowest BCUT2D eigenvalue weighted by Crippen LogP contribution is -2.16. The second-order valence-corrected chi connectivity index (χ2v) is 10.2. The summed E-state index contributed by atoms with van der Waals surface area (Å²) in [4.78, 5) is 0. The molecule has 92 valence electrons. The lowest BCUT2D eigenvalue weighted by Gasteiger charge is -2.12. The fourth-order valence-corrected chi connectivity index (χ4v) is 2.14. The number of anilines is 1. The molecular formula is C14H22N2Si. The van der Waals surface area contributed by atoms with Gasteiger partial charge in [-0.25, -0.2) is 0 Å². The van der Waals surface area contributed by atoms with Gasteiger partial charge in [0.05, 0.1) is 0 Å². The second-order valence-electron chi connectivity index (χ2n) is 5.45. The molecule has 0 bridgehead atoms. The molecule has 17 heavy (non-hydrogen) atoms. The van der Waals surface area contributed by atoms with Crippen molar-refractivity contribution in [1.82, 2.24) is 0 Å². The zero-order valence-corrected chi connectivity index (χ0v) is 12.4. The monoisotopic (exact) mass is 246 g/mol. The van der Waals surface area contributed by atoms with Gasteiger partial charge < -0.3 is 11.5 Å². The van der Waals surface area contributed by atoms with Crippen LogP contribution >= 0.6 is 0 Å². The molecule has 0 heterocycles. The molecule has 0 saturated heterocycles. The Morgan fingerprint density at radius 3 is 2.24 bits per heavy atom. The van der Waals surface area contributed by atoms with E-state index in [1.807, 2.05) is 13.0 Å². The maximum atomic E-state index is 5.99. The van der Waals surface area contributed by atoms with Crippen molar-refractivity contribution in [2.75, 3.05) is 5.73 Å².